The van der Waals surface area contributed by atoms with Crippen molar-refractivity contribution < 1.29 is 5.11 Å². The van der Waals surface area contributed by atoms with Crippen LogP contribution in [-0.4, -0.2) is 12.4 Å². The van der Waals surface area contributed by atoms with E-state index in [-0.39, 0.29) is 5.90 Å². The highest BCUT2D eigenvalue weighted by atomic mass is 16.3. The van der Waals surface area contributed by atoms with Gasteiger partial charge in [0, 0.05) is 17.8 Å². The van der Waals surface area contributed by atoms with Gasteiger partial charge < -0.3 is 15.8 Å². The first kappa shape index (κ1) is 10.6. The topological polar surface area (TPSA) is 61.4 Å². The highest BCUT2D eigenvalue weighted by Gasteiger charge is 1.95. The van der Waals surface area contributed by atoms with Crippen molar-refractivity contribution >= 4 is 11.6 Å². The lowest BCUT2D eigenvalue weighted by atomic mass is 10.2. The van der Waals surface area contributed by atoms with Crippen molar-refractivity contribution in [1.82, 2.24) is 0 Å². The monoisotopic (exact) mass is 191 g/mol. The fourth-order valence-electron chi connectivity index (χ4n) is 1.12. The number of nitrogen functional groups attached to an aromatic ring is 1. The van der Waals surface area contributed by atoms with E-state index in [1.54, 1.807) is 24.3 Å². The predicted molar refractivity (Wildman–Crippen MR) is 57.2 cm³/mol. The Hall–Kier alpha value is -1.51. The molecule has 3 heteroatoms. The van der Waals surface area contributed by atoms with Crippen LogP contribution in [0.2, 0.25) is 0 Å². The molecule has 0 spiro atoms. The molecule has 0 radical (unpaired) electrons. The smallest absolute Gasteiger partial charge is 0.0396 e. The molecular weight excluding hydrogens is 176 g/mol. The second kappa shape index (κ2) is 5.27. The second-order valence-electron chi connectivity index (χ2n) is 3.13. The van der Waals surface area contributed by atoms with Gasteiger partial charge in [0.25, 0.3) is 0 Å². The molecule has 0 saturated heterocycles. The molecule has 0 aliphatic carbocycles. The quantitative estimate of drug-likeness (QED) is 0.336. The van der Waals surface area contributed by atoms with E-state index >= 15 is 0 Å². The van der Waals surface area contributed by atoms with Crippen molar-refractivity contribution in [3.8, 4) is 0 Å². The molecule has 0 heterocycles. The zero-order valence-corrected chi connectivity index (χ0v) is 8.36. The van der Waals surface area contributed by atoms with Gasteiger partial charge in [0.2, 0.25) is 0 Å². The molecule has 1 aromatic carbocycles. The number of rotatable bonds is 4. The van der Waals surface area contributed by atoms with E-state index in [0.717, 1.165) is 12.8 Å². The van der Waals surface area contributed by atoms with E-state index in [1.165, 1.54) is 0 Å². The molecular formula is C11H15N2O-. The highest BCUT2D eigenvalue weighted by molar-refractivity contribution is 5.95. The Bertz CT molecular complexity index is 321. The molecule has 0 fully saturated rings. The maximum absolute atomic E-state index is 11.5. The van der Waals surface area contributed by atoms with Crippen molar-refractivity contribution in [2.24, 2.45) is 4.99 Å². The van der Waals surface area contributed by atoms with Crippen molar-refractivity contribution in [3.05, 3.63) is 29.8 Å². The molecule has 0 bridgehead atoms. The Balaban J connectivity index is 2.73. The van der Waals surface area contributed by atoms with Gasteiger partial charge in [0.1, 0.15) is 0 Å². The summed E-state index contributed by atoms with van der Waals surface area (Å²) in [6, 6.07) is 7.01. The Morgan fingerprint density at radius 3 is 2.79 bits per heavy atom. The third-order valence-corrected chi connectivity index (χ3v) is 1.96. The molecule has 2 N–H and O–H groups in total. The van der Waals surface area contributed by atoms with Crippen LogP contribution in [-0.2, 0) is 0 Å². The molecule has 0 aromatic heterocycles. The Morgan fingerprint density at radius 2 is 2.14 bits per heavy atom. The van der Waals surface area contributed by atoms with Gasteiger partial charge in [-0.15, -0.1) is 0 Å². The van der Waals surface area contributed by atoms with Gasteiger partial charge in [0.05, 0.1) is 0 Å². The zero-order chi connectivity index (χ0) is 10.4. The largest absolute Gasteiger partial charge is 0.858 e. The molecule has 0 amide bonds. The van der Waals surface area contributed by atoms with Crippen LogP contribution in [0.3, 0.4) is 0 Å². The minimum atomic E-state index is -0.212. The molecule has 3 nitrogen and oxygen atoms in total. The van der Waals surface area contributed by atoms with Crippen LogP contribution in [0.25, 0.3) is 0 Å². The molecule has 0 saturated carbocycles. The van der Waals surface area contributed by atoms with Gasteiger partial charge >= 0.3 is 0 Å². The first-order chi connectivity index (χ1) is 6.75. The van der Waals surface area contributed by atoms with Gasteiger partial charge in [0.15, 0.2) is 0 Å². The average Bonchev–Trinajstić information content (AvgIpc) is 2.18. The Morgan fingerprint density at radius 1 is 1.43 bits per heavy atom. The van der Waals surface area contributed by atoms with Crippen LogP contribution in [0.5, 0.6) is 0 Å². The SMILES string of the molecule is CCCCN=C([O-])c1ccccc1N. The lowest BCUT2D eigenvalue weighted by Crippen LogP contribution is -2.20. The van der Waals surface area contributed by atoms with Crippen molar-refractivity contribution in [2.45, 2.75) is 19.8 Å². The Kier molecular flexibility index (Phi) is 3.98. The van der Waals surface area contributed by atoms with Gasteiger partial charge in [-0.1, -0.05) is 31.5 Å². The number of nitrogens with zero attached hydrogens (tertiary/aromatic N) is 1. The Labute approximate surface area is 84.3 Å². The van der Waals surface area contributed by atoms with Crippen LogP contribution in [0.1, 0.15) is 25.3 Å². The summed E-state index contributed by atoms with van der Waals surface area (Å²) in [7, 11) is 0. The number of unbranched alkanes of at least 4 members (excludes halogenated alkanes) is 1. The summed E-state index contributed by atoms with van der Waals surface area (Å²) >= 11 is 0. The maximum Gasteiger partial charge on any atom is 0.0396 e. The number of benzene rings is 1. The maximum atomic E-state index is 11.5. The van der Waals surface area contributed by atoms with Crippen LogP contribution in [0.4, 0.5) is 5.69 Å². The van der Waals surface area contributed by atoms with E-state index in [1.807, 2.05) is 0 Å². The lowest BCUT2D eigenvalue weighted by molar-refractivity contribution is -0.213. The van der Waals surface area contributed by atoms with E-state index in [0.29, 0.717) is 17.8 Å². The fraction of sp³-hybridized carbons (Fsp3) is 0.364. The van der Waals surface area contributed by atoms with Crippen LogP contribution < -0.4 is 10.8 Å². The zero-order valence-electron chi connectivity index (χ0n) is 8.36. The van der Waals surface area contributed by atoms with Gasteiger partial charge in [-0.2, -0.15) is 0 Å². The van der Waals surface area contributed by atoms with Crippen LogP contribution in [0, 0.1) is 0 Å². The number of anilines is 1. The van der Waals surface area contributed by atoms with E-state index in [2.05, 4.69) is 11.9 Å². The predicted octanol–water partition coefficient (Wildman–Crippen LogP) is 1.18. The standard InChI is InChI=1S/C11H16N2O/c1-2-3-8-13-11(14)9-6-4-5-7-10(9)12/h4-7H,2-3,8,12H2,1H3,(H,13,14)/p-1. The van der Waals surface area contributed by atoms with E-state index in [4.69, 9.17) is 5.73 Å². The first-order valence-corrected chi connectivity index (χ1v) is 4.82. The molecule has 0 aliphatic heterocycles. The molecule has 0 unspecified atom stereocenters. The summed E-state index contributed by atoms with van der Waals surface area (Å²) in [4.78, 5) is 3.93. The minimum absolute atomic E-state index is 0.212. The summed E-state index contributed by atoms with van der Waals surface area (Å²) in [6.45, 7) is 2.65. The minimum Gasteiger partial charge on any atom is -0.858 e. The lowest BCUT2D eigenvalue weighted by Gasteiger charge is -2.12. The summed E-state index contributed by atoms with van der Waals surface area (Å²) in [5.41, 5.74) is 6.65. The summed E-state index contributed by atoms with van der Waals surface area (Å²) in [6.07, 6.45) is 1.99. The molecule has 14 heavy (non-hydrogen) atoms. The number of hydrogen-bond acceptors (Lipinski definition) is 3. The molecule has 0 aliphatic rings. The van der Waals surface area contributed by atoms with Crippen molar-refractivity contribution in [2.75, 3.05) is 12.3 Å². The molecule has 1 aromatic rings. The summed E-state index contributed by atoms with van der Waals surface area (Å²) < 4.78 is 0. The van der Waals surface area contributed by atoms with Gasteiger partial charge in [-0.05, 0) is 18.4 Å². The molecule has 0 atom stereocenters. The molecule has 76 valence electrons. The fourth-order valence-corrected chi connectivity index (χ4v) is 1.12. The highest BCUT2D eigenvalue weighted by Crippen LogP contribution is 2.09. The molecule has 1 rings (SSSR count). The first-order valence-electron chi connectivity index (χ1n) is 4.82. The van der Waals surface area contributed by atoms with Crippen LogP contribution >= 0.6 is 0 Å². The summed E-state index contributed by atoms with van der Waals surface area (Å²) in [5.74, 6) is -0.212. The van der Waals surface area contributed by atoms with Gasteiger partial charge in [-0.3, -0.25) is 0 Å². The number of nitrogens with two attached hydrogens (primary N) is 1. The third kappa shape index (κ3) is 2.76. The number of hydrogen-bond donors (Lipinski definition) is 1. The number of aliphatic imine (C=N–C) groups is 1. The van der Waals surface area contributed by atoms with Crippen molar-refractivity contribution in [3.63, 3.8) is 0 Å². The second-order valence-corrected chi connectivity index (χ2v) is 3.13. The number of para-hydroxylation sites is 1. The average molecular weight is 191 g/mol. The summed E-state index contributed by atoms with van der Waals surface area (Å²) in [5, 5.41) is 11.5. The van der Waals surface area contributed by atoms with E-state index in [9.17, 15) is 5.11 Å². The normalized spacial score (nSPS) is 11.6. The van der Waals surface area contributed by atoms with Gasteiger partial charge in [-0.25, -0.2) is 0 Å². The van der Waals surface area contributed by atoms with E-state index < -0.39 is 0 Å². The third-order valence-electron chi connectivity index (χ3n) is 1.96. The van der Waals surface area contributed by atoms with Crippen molar-refractivity contribution in [1.29, 1.82) is 0 Å². The van der Waals surface area contributed by atoms with Crippen LogP contribution in [0.15, 0.2) is 29.3 Å².